The topological polar surface area (TPSA) is 49.2 Å². The highest BCUT2D eigenvalue weighted by Gasteiger charge is 2.27. The van der Waals surface area contributed by atoms with Crippen molar-refractivity contribution in [1.29, 1.82) is 0 Å². The van der Waals surface area contributed by atoms with E-state index < -0.39 is 0 Å². The van der Waals surface area contributed by atoms with Crippen LogP contribution in [0.1, 0.15) is 19.8 Å². The van der Waals surface area contributed by atoms with Crippen LogP contribution in [0.25, 0.3) is 0 Å². The summed E-state index contributed by atoms with van der Waals surface area (Å²) in [6.45, 7) is 3.76. The lowest BCUT2D eigenvalue weighted by molar-refractivity contribution is 0.0858. The molecule has 0 saturated carbocycles. The molecule has 0 radical (unpaired) electrons. The summed E-state index contributed by atoms with van der Waals surface area (Å²) in [4.78, 5) is 10.2. The third-order valence-electron chi connectivity index (χ3n) is 3.16. The first kappa shape index (κ1) is 11.6. The lowest BCUT2D eigenvalue weighted by Crippen LogP contribution is -2.43. The van der Waals surface area contributed by atoms with E-state index >= 15 is 0 Å². The largest absolute Gasteiger partial charge is 0.393 e. The van der Waals surface area contributed by atoms with Crippen LogP contribution in [0, 0.1) is 5.92 Å². The zero-order chi connectivity index (χ0) is 11.5. The highest BCUT2D eigenvalue weighted by atomic mass is 35.5. The van der Waals surface area contributed by atoms with Crippen LogP contribution in [-0.2, 0) is 0 Å². The van der Waals surface area contributed by atoms with Crippen molar-refractivity contribution in [3.8, 4) is 0 Å². The maximum Gasteiger partial charge on any atom is 0.134 e. The standard InChI is InChI=1S/C11H16ClN3O/c1-2-8-6-15(4-3-9(8)16)11-5-10(12)13-7-14-11/h5,7-9,16H,2-4,6H2,1H3. The Morgan fingerprint density at radius 2 is 2.38 bits per heavy atom. The van der Waals surface area contributed by atoms with Gasteiger partial charge >= 0.3 is 0 Å². The summed E-state index contributed by atoms with van der Waals surface area (Å²) in [5.41, 5.74) is 0. The number of aromatic nitrogens is 2. The van der Waals surface area contributed by atoms with E-state index in [2.05, 4.69) is 21.8 Å². The number of hydrogen-bond donors (Lipinski definition) is 1. The maximum absolute atomic E-state index is 9.80. The fourth-order valence-electron chi connectivity index (χ4n) is 2.13. The molecule has 1 aliphatic heterocycles. The third-order valence-corrected chi connectivity index (χ3v) is 3.37. The molecule has 2 heterocycles. The van der Waals surface area contributed by atoms with E-state index in [-0.39, 0.29) is 6.10 Å². The lowest BCUT2D eigenvalue weighted by Gasteiger charge is -2.36. The lowest BCUT2D eigenvalue weighted by atomic mass is 9.92. The molecule has 2 unspecified atom stereocenters. The van der Waals surface area contributed by atoms with E-state index in [1.165, 1.54) is 6.33 Å². The Morgan fingerprint density at radius 1 is 1.56 bits per heavy atom. The quantitative estimate of drug-likeness (QED) is 0.802. The molecule has 1 aromatic rings. The Labute approximate surface area is 100 Å². The van der Waals surface area contributed by atoms with E-state index in [4.69, 9.17) is 11.6 Å². The first-order chi connectivity index (χ1) is 7.70. The zero-order valence-electron chi connectivity index (χ0n) is 9.30. The van der Waals surface area contributed by atoms with Crippen molar-refractivity contribution in [2.24, 2.45) is 5.92 Å². The molecule has 0 aliphatic carbocycles. The van der Waals surface area contributed by atoms with Gasteiger partial charge in [0.25, 0.3) is 0 Å². The van der Waals surface area contributed by atoms with Crippen molar-refractivity contribution in [2.45, 2.75) is 25.9 Å². The van der Waals surface area contributed by atoms with Crippen LogP contribution in [0.4, 0.5) is 5.82 Å². The minimum atomic E-state index is -0.182. The molecule has 0 aromatic carbocycles. The van der Waals surface area contributed by atoms with E-state index in [1.54, 1.807) is 6.07 Å². The van der Waals surface area contributed by atoms with Crippen LogP contribution in [0.3, 0.4) is 0 Å². The molecular weight excluding hydrogens is 226 g/mol. The molecule has 0 bridgehead atoms. The number of nitrogens with zero attached hydrogens (tertiary/aromatic N) is 3. The number of rotatable bonds is 2. The summed E-state index contributed by atoms with van der Waals surface area (Å²) in [7, 11) is 0. The van der Waals surface area contributed by atoms with Crippen LogP contribution in [-0.4, -0.2) is 34.3 Å². The van der Waals surface area contributed by atoms with Crippen LogP contribution in [0.2, 0.25) is 5.15 Å². The predicted molar refractivity (Wildman–Crippen MR) is 63.7 cm³/mol. The predicted octanol–water partition coefficient (Wildman–Crippen LogP) is 1.73. The number of halogens is 1. The number of anilines is 1. The SMILES string of the molecule is CCC1CN(c2cc(Cl)ncn2)CCC1O. The van der Waals surface area contributed by atoms with Crippen LogP contribution in [0.5, 0.6) is 0 Å². The van der Waals surface area contributed by atoms with Crippen molar-refractivity contribution in [3.63, 3.8) is 0 Å². The highest BCUT2D eigenvalue weighted by Crippen LogP contribution is 2.24. The van der Waals surface area contributed by atoms with E-state index in [0.717, 1.165) is 31.7 Å². The van der Waals surface area contributed by atoms with Gasteiger partial charge < -0.3 is 10.0 Å². The van der Waals surface area contributed by atoms with Crippen LogP contribution in [0.15, 0.2) is 12.4 Å². The molecule has 88 valence electrons. The Kier molecular flexibility index (Phi) is 3.61. The van der Waals surface area contributed by atoms with Gasteiger partial charge in [0.05, 0.1) is 6.10 Å². The Bertz CT molecular complexity index is 361. The van der Waals surface area contributed by atoms with E-state index in [1.807, 2.05) is 0 Å². The molecule has 1 aromatic heterocycles. The minimum Gasteiger partial charge on any atom is -0.393 e. The molecule has 1 N–H and O–H groups in total. The molecule has 5 heteroatoms. The number of hydrogen-bond acceptors (Lipinski definition) is 4. The van der Waals surface area contributed by atoms with Gasteiger partial charge in [0.2, 0.25) is 0 Å². The van der Waals surface area contributed by atoms with E-state index in [0.29, 0.717) is 11.1 Å². The van der Waals surface area contributed by atoms with Crippen molar-refractivity contribution < 1.29 is 5.11 Å². The van der Waals surface area contributed by atoms with Crippen LogP contribution < -0.4 is 4.90 Å². The molecule has 1 saturated heterocycles. The zero-order valence-corrected chi connectivity index (χ0v) is 10.1. The summed E-state index contributed by atoms with van der Waals surface area (Å²) in [5, 5.41) is 10.3. The Morgan fingerprint density at radius 3 is 3.06 bits per heavy atom. The van der Waals surface area contributed by atoms with Gasteiger partial charge in [-0.25, -0.2) is 9.97 Å². The average molecular weight is 242 g/mol. The first-order valence-corrected chi connectivity index (χ1v) is 5.99. The van der Waals surface area contributed by atoms with Gasteiger partial charge in [-0.1, -0.05) is 18.5 Å². The Balaban J connectivity index is 2.11. The van der Waals surface area contributed by atoms with Crippen molar-refractivity contribution >= 4 is 17.4 Å². The van der Waals surface area contributed by atoms with E-state index in [9.17, 15) is 5.11 Å². The fraction of sp³-hybridized carbons (Fsp3) is 0.636. The van der Waals surface area contributed by atoms with Gasteiger partial charge in [-0.3, -0.25) is 0 Å². The normalized spacial score (nSPS) is 25.8. The fourth-order valence-corrected chi connectivity index (χ4v) is 2.27. The van der Waals surface area contributed by atoms with Crippen molar-refractivity contribution in [3.05, 3.63) is 17.5 Å². The number of aliphatic hydroxyl groups is 1. The van der Waals surface area contributed by atoms with Gasteiger partial charge in [-0.15, -0.1) is 0 Å². The summed E-state index contributed by atoms with van der Waals surface area (Å²) in [5.74, 6) is 1.17. The van der Waals surface area contributed by atoms with Gasteiger partial charge in [0.1, 0.15) is 17.3 Å². The second kappa shape index (κ2) is 4.97. The van der Waals surface area contributed by atoms with Crippen molar-refractivity contribution in [1.82, 2.24) is 9.97 Å². The van der Waals surface area contributed by atoms with Gasteiger partial charge in [0, 0.05) is 25.1 Å². The van der Waals surface area contributed by atoms with Gasteiger partial charge in [0.15, 0.2) is 0 Å². The molecule has 0 amide bonds. The maximum atomic E-state index is 9.80. The first-order valence-electron chi connectivity index (χ1n) is 5.61. The molecule has 0 spiro atoms. The average Bonchev–Trinajstić information content (AvgIpc) is 2.29. The summed E-state index contributed by atoms with van der Waals surface area (Å²) < 4.78 is 0. The van der Waals surface area contributed by atoms with Crippen molar-refractivity contribution in [2.75, 3.05) is 18.0 Å². The number of aliphatic hydroxyl groups excluding tert-OH is 1. The minimum absolute atomic E-state index is 0.182. The van der Waals surface area contributed by atoms with Gasteiger partial charge in [-0.2, -0.15) is 0 Å². The molecule has 1 fully saturated rings. The van der Waals surface area contributed by atoms with Gasteiger partial charge in [-0.05, 0) is 12.8 Å². The molecule has 2 atom stereocenters. The highest BCUT2D eigenvalue weighted by molar-refractivity contribution is 6.29. The molecule has 2 rings (SSSR count). The monoisotopic (exact) mass is 241 g/mol. The Hall–Kier alpha value is -0.870. The third kappa shape index (κ3) is 2.44. The molecule has 16 heavy (non-hydrogen) atoms. The number of piperidine rings is 1. The summed E-state index contributed by atoms with van der Waals surface area (Å²) >= 11 is 5.84. The summed E-state index contributed by atoms with van der Waals surface area (Å²) in [6.07, 6.45) is 3.07. The molecule has 1 aliphatic rings. The molecular formula is C11H16ClN3O. The second-order valence-corrected chi connectivity index (χ2v) is 4.56. The second-order valence-electron chi connectivity index (χ2n) is 4.17. The van der Waals surface area contributed by atoms with Crippen LogP contribution >= 0.6 is 11.6 Å². The molecule has 4 nitrogen and oxygen atoms in total. The summed E-state index contributed by atoms with van der Waals surface area (Å²) in [6, 6.07) is 1.77. The smallest absolute Gasteiger partial charge is 0.134 e.